The van der Waals surface area contributed by atoms with Gasteiger partial charge in [-0.15, -0.1) is 0 Å². The van der Waals surface area contributed by atoms with E-state index in [4.69, 9.17) is 9.84 Å². The van der Waals surface area contributed by atoms with E-state index in [1.54, 1.807) is 0 Å². The number of aryl methyl sites for hydroxylation is 2. The number of carbonyl (C=O) groups is 1. The number of carboxylic acid groups (broad SMARTS) is 1. The highest BCUT2D eigenvalue weighted by atomic mass is 16.5. The molecule has 2 unspecified atom stereocenters. The van der Waals surface area contributed by atoms with Crippen LogP contribution in [0.2, 0.25) is 0 Å². The predicted octanol–water partition coefficient (Wildman–Crippen LogP) is 4.44. The molecule has 1 fully saturated rings. The number of hydrogen-bond acceptors (Lipinski definition) is 2. The first kappa shape index (κ1) is 14.6. The summed E-state index contributed by atoms with van der Waals surface area (Å²) in [5.74, 6) is 1.27. The predicted molar refractivity (Wildman–Crippen MR) is 85.2 cm³/mol. The molecule has 3 nitrogen and oxygen atoms in total. The van der Waals surface area contributed by atoms with E-state index >= 15 is 0 Å². The number of ether oxygens (including phenoxy) is 1. The van der Waals surface area contributed by atoms with Crippen LogP contribution < -0.4 is 4.74 Å². The monoisotopic (exact) mass is 296 g/mol. The number of hydrogen-bond donors (Lipinski definition) is 1. The minimum absolute atomic E-state index is 0.110. The maximum absolute atomic E-state index is 10.9. The quantitative estimate of drug-likeness (QED) is 0.857. The van der Waals surface area contributed by atoms with Gasteiger partial charge in [-0.25, -0.2) is 0 Å². The summed E-state index contributed by atoms with van der Waals surface area (Å²) in [6.07, 6.45) is 2.73. The number of aliphatic carboxylic acids is 1. The van der Waals surface area contributed by atoms with Gasteiger partial charge < -0.3 is 9.84 Å². The third-order valence-corrected chi connectivity index (χ3v) is 4.32. The van der Waals surface area contributed by atoms with Gasteiger partial charge in [-0.05, 0) is 67.5 Å². The van der Waals surface area contributed by atoms with Crippen molar-refractivity contribution >= 4 is 5.97 Å². The maximum Gasteiger partial charge on any atom is 0.306 e. The topological polar surface area (TPSA) is 46.5 Å². The molecule has 0 aromatic heterocycles. The minimum Gasteiger partial charge on any atom is -0.481 e. The van der Waals surface area contributed by atoms with E-state index in [0.29, 0.717) is 5.92 Å². The number of benzene rings is 2. The van der Waals surface area contributed by atoms with Gasteiger partial charge in [0.15, 0.2) is 0 Å². The standard InChI is InChI=1S/C19H20O3/c1-13-11-17(22-16-5-3-2-4-6-16)10-9-14(13)7-8-15-12-18(15)19(20)21/h2-6,9-11,15,18H,7-8,12H2,1H3,(H,20,21). The summed E-state index contributed by atoms with van der Waals surface area (Å²) in [7, 11) is 0. The SMILES string of the molecule is Cc1cc(Oc2ccccc2)ccc1CCC1CC1C(=O)O. The third kappa shape index (κ3) is 3.48. The molecule has 0 saturated heterocycles. The van der Waals surface area contributed by atoms with E-state index in [1.165, 1.54) is 11.1 Å². The Kier molecular flexibility index (Phi) is 4.14. The largest absolute Gasteiger partial charge is 0.481 e. The molecular formula is C19H20O3. The summed E-state index contributed by atoms with van der Waals surface area (Å²) in [5, 5.41) is 8.94. The average Bonchev–Trinajstić information content (AvgIpc) is 3.27. The maximum atomic E-state index is 10.9. The molecule has 1 N–H and O–H groups in total. The molecule has 3 rings (SSSR count). The zero-order valence-electron chi connectivity index (χ0n) is 12.7. The highest BCUT2D eigenvalue weighted by Gasteiger charge is 2.42. The molecule has 0 amide bonds. The third-order valence-electron chi connectivity index (χ3n) is 4.32. The van der Waals surface area contributed by atoms with E-state index in [9.17, 15) is 4.79 Å². The number of carboxylic acids is 1. The van der Waals surface area contributed by atoms with Crippen LogP contribution in [0.1, 0.15) is 24.0 Å². The second-order valence-electron chi connectivity index (χ2n) is 5.98. The number of para-hydroxylation sites is 1. The van der Waals surface area contributed by atoms with Gasteiger partial charge >= 0.3 is 5.97 Å². The van der Waals surface area contributed by atoms with E-state index in [0.717, 1.165) is 30.8 Å². The fourth-order valence-corrected chi connectivity index (χ4v) is 2.85. The van der Waals surface area contributed by atoms with Crippen molar-refractivity contribution in [1.29, 1.82) is 0 Å². The Morgan fingerprint density at radius 1 is 1.18 bits per heavy atom. The van der Waals surface area contributed by atoms with Gasteiger partial charge in [-0.3, -0.25) is 4.79 Å². The Bertz CT molecular complexity index is 664. The smallest absolute Gasteiger partial charge is 0.306 e. The van der Waals surface area contributed by atoms with E-state index in [2.05, 4.69) is 13.0 Å². The fourth-order valence-electron chi connectivity index (χ4n) is 2.85. The van der Waals surface area contributed by atoms with Crippen LogP contribution in [-0.2, 0) is 11.2 Å². The summed E-state index contributed by atoms with van der Waals surface area (Å²) < 4.78 is 5.82. The summed E-state index contributed by atoms with van der Waals surface area (Å²) in [4.78, 5) is 10.9. The van der Waals surface area contributed by atoms with Crippen molar-refractivity contribution in [2.45, 2.75) is 26.2 Å². The Labute approximate surface area is 130 Å². The van der Waals surface area contributed by atoms with Gasteiger partial charge in [-0.1, -0.05) is 24.3 Å². The van der Waals surface area contributed by atoms with Gasteiger partial charge in [0.25, 0.3) is 0 Å². The molecule has 2 aromatic rings. The summed E-state index contributed by atoms with van der Waals surface area (Å²) >= 11 is 0. The average molecular weight is 296 g/mol. The van der Waals surface area contributed by atoms with Crippen molar-refractivity contribution in [2.24, 2.45) is 11.8 Å². The van der Waals surface area contributed by atoms with Crippen molar-refractivity contribution in [3.8, 4) is 11.5 Å². The molecule has 0 aliphatic heterocycles. The first-order chi connectivity index (χ1) is 10.6. The Morgan fingerprint density at radius 3 is 2.59 bits per heavy atom. The second kappa shape index (κ2) is 6.22. The van der Waals surface area contributed by atoms with E-state index in [-0.39, 0.29) is 5.92 Å². The fraction of sp³-hybridized carbons (Fsp3) is 0.316. The van der Waals surface area contributed by atoms with Gasteiger partial charge in [0.1, 0.15) is 11.5 Å². The summed E-state index contributed by atoms with van der Waals surface area (Å²) in [6.45, 7) is 2.08. The summed E-state index contributed by atoms with van der Waals surface area (Å²) in [6, 6.07) is 15.8. The molecular weight excluding hydrogens is 276 g/mol. The molecule has 22 heavy (non-hydrogen) atoms. The lowest BCUT2D eigenvalue weighted by Gasteiger charge is -2.10. The van der Waals surface area contributed by atoms with Crippen LogP contribution in [0.15, 0.2) is 48.5 Å². The first-order valence-electron chi connectivity index (χ1n) is 7.69. The molecule has 2 aromatic carbocycles. The van der Waals surface area contributed by atoms with Crippen molar-refractivity contribution in [3.05, 3.63) is 59.7 Å². The van der Waals surface area contributed by atoms with Crippen molar-refractivity contribution < 1.29 is 14.6 Å². The molecule has 0 bridgehead atoms. The molecule has 1 aliphatic carbocycles. The van der Waals surface area contributed by atoms with Crippen molar-refractivity contribution in [1.82, 2.24) is 0 Å². The van der Waals surface area contributed by atoms with Crippen molar-refractivity contribution in [2.75, 3.05) is 0 Å². The van der Waals surface area contributed by atoms with Crippen LogP contribution in [0.4, 0.5) is 0 Å². The molecule has 1 saturated carbocycles. The number of rotatable bonds is 6. The Morgan fingerprint density at radius 2 is 1.95 bits per heavy atom. The summed E-state index contributed by atoms with van der Waals surface area (Å²) in [5.41, 5.74) is 2.47. The molecule has 0 spiro atoms. The van der Waals surface area contributed by atoms with Gasteiger partial charge in [-0.2, -0.15) is 0 Å². The van der Waals surface area contributed by atoms with Gasteiger partial charge in [0.05, 0.1) is 5.92 Å². The van der Waals surface area contributed by atoms with Crippen LogP contribution in [0.3, 0.4) is 0 Å². The van der Waals surface area contributed by atoms with Crippen LogP contribution in [0, 0.1) is 18.8 Å². The zero-order valence-corrected chi connectivity index (χ0v) is 12.7. The lowest BCUT2D eigenvalue weighted by atomic mass is 10.0. The van der Waals surface area contributed by atoms with Crippen LogP contribution in [0.25, 0.3) is 0 Å². The van der Waals surface area contributed by atoms with E-state index in [1.807, 2.05) is 42.5 Å². The van der Waals surface area contributed by atoms with Crippen molar-refractivity contribution in [3.63, 3.8) is 0 Å². The Balaban J connectivity index is 1.59. The minimum atomic E-state index is -0.645. The molecule has 2 atom stereocenters. The van der Waals surface area contributed by atoms with Crippen LogP contribution >= 0.6 is 0 Å². The normalized spacial score (nSPS) is 19.7. The molecule has 1 aliphatic rings. The highest BCUT2D eigenvalue weighted by molar-refractivity contribution is 5.73. The second-order valence-corrected chi connectivity index (χ2v) is 5.98. The molecule has 0 heterocycles. The Hall–Kier alpha value is -2.29. The van der Waals surface area contributed by atoms with Gasteiger partial charge in [0, 0.05) is 0 Å². The first-order valence-corrected chi connectivity index (χ1v) is 7.69. The van der Waals surface area contributed by atoms with Gasteiger partial charge in [0.2, 0.25) is 0 Å². The van der Waals surface area contributed by atoms with Crippen LogP contribution in [-0.4, -0.2) is 11.1 Å². The lowest BCUT2D eigenvalue weighted by molar-refractivity contribution is -0.138. The lowest BCUT2D eigenvalue weighted by Crippen LogP contribution is -2.00. The van der Waals surface area contributed by atoms with Crippen LogP contribution in [0.5, 0.6) is 11.5 Å². The molecule has 3 heteroatoms. The molecule has 0 radical (unpaired) electrons. The highest BCUT2D eigenvalue weighted by Crippen LogP contribution is 2.42. The zero-order chi connectivity index (χ0) is 15.5. The van der Waals surface area contributed by atoms with E-state index < -0.39 is 5.97 Å². The molecule has 114 valence electrons.